The number of fused-ring (bicyclic) bond motifs is 4. The van der Waals surface area contributed by atoms with Gasteiger partial charge in [-0.25, -0.2) is 0 Å². The highest BCUT2D eigenvalue weighted by Gasteiger charge is 2.50. The van der Waals surface area contributed by atoms with Crippen molar-refractivity contribution in [3.63, 3.8) is 0 Å². The summed E-state index contributed by atoms with van der Waals surface area (Å²) in [6, 6.07) is 26.7. The molecule has 44 heavy (non-hydrogen) atoms. The van der Waals surface area contributed by atoms with E-state index in [1.165, 1.54) is 22.3 Å². The van der Waals surface area contributed by atoms with Crippen LogP contribution in [0.2, 0.25) is 0 Å². The number of anilines is 2. The van der Waals surface area contributed by atoms with Gasteiger partial charge in [0.25, 0.3) is 0 Å². The Labute approximate surface area is 262 Å². The van der Waals surface area contributed by atoms with Gasteiger partial charge in [-0.2, -0.15) is 0 Å². The number of piperidine rings is 2. The second kappa shape index (κ2) is 11.8. The van der Waals surface area contributed by atoms with Gasteiger partial charge in [0.15, 0.2) is 0 Å². The largest absolute Gasteiger partial charge is 0.324 e. The van der Waals surface area contributed by atoms with E-state index in [4.69, 9.17) is 0 Å². The van der Waals surface area contributed by atoms with Crippen molar-refractivity contribution in [1.29, 1.82) is 0 Å². The van der Waals surface area contributed by atoms with Gasteiger partial charge in [0, 0.05) is 24.2 Å². The van der Waals surface area contributed by atoms with Gasteiger partial charge < -0.3 is 10.6 Å². The Morgan fingerprint density at radius 3 is 1.36 bits per heavy atom. The molecule has 4 saturated heterocycles. The number of hydrogen-bond acceptors (Lipinski definition) is 4. The monoisotopic (exact) mass is 590 g/mol. The Hall–Kier alpha value is -3.48. The normalized spacial score (nSPS) is 31.5. The topological polar surface area (TPSA) is 64.7 Å². The number of benzene rings is 3. The smallest absolute Gasteiger partial charge is 0.229 e. The fourth-order valence-electron chi connectivity index (χ4n) is 9.09. The summed E-state index contributed by atoms with van der Waals surface area (Å²) >= 11 is 0. The molecular weight excluding hydrogens is 544 g/mol. The number of aryl methyl sites for hydroxylation is 2. The summed E-state index contributed by atoms with van der Waals surface area (Å²) in [5.41, 5.74) is 6.32. The average Bonchev–Trinajstić information content (AvgIpc) is 3.38. The van der Waals surface area contributed by atoms with Crippen LogP contribution >= 0.6 is 0 Å². The molecule has 4 aliphatic heterocycles. The lowest BCUT2D eigenvalue weighted by Crippen LogP contribution is -2.50. The highest BCUT2D eigenvalue weighted by Crippen LogP contribution is 2.48. The van der Waals surface area contributed by atoms with Gasteiger partial charge in [-0.05, 0) is 102 Å². The Morgan fingerprint density at radius 2 is 0.977 bits per heavy atom. The second-order valence-electron chi connectivity index (χ2n) is 14.0. The Kier molecular flexibility index (Phi) is 7.84. The van der Waals surface area contributed by atoms with E-state index in [1.54, 1.807) is 0 Å². The molecule has 6 nitrogen and oxygen atoms in total. The van der Waals surface area contributed by atoms with E-state index in [0.717, 1.165) is 38.5 Å². The molecular formula is C38H46N4O2. The summed E-state index contributed by atoms with van der Waals surface area (Å²) in [6.45, 7) is 4.22. The minimum absolute atomic E-state index is 0.0445. The van der Waals surface area contributed by atoms with E-state index in [2.05, 4.69) is 96.9 Å². The molecule has 4 bridgehead atoms. The SMILES string of the molecule is Cc1ccc([C@H]2C[C@H]3CCC([C@H]2C(=O)Nc2ccccc2NC(=O)[C@@H]2C4CC[C@@H](C[C@H]2c2ccc(C)cc2)N4C)N3C)cc1. The number of carbonyl (C=O) groups is 2. The molecule has 3 aromatic rings. The van der Waals surface area contributed by atoms with Gasteiger partial charge >= 0.3 is 0 Å². The molecule has 7 rings (SSSR count). The van der Waals surface area contributed by atoms with Gasteiger partial charge in [-0.15, -0.1) is 0 Å². The Bertz CT molecular complexity index is 1400. The minimum Gasteiger partial charge on any atom is -0.324 e. The van der Waals surface area contributed by atoms with Crippen molar-refractivity contribution in [3.8, 4) is 0 Å². The molecule has 0 radical (unpaired) electrons. The van der Waals surface area contributed by atoms with Gasteiger partial charge in [-0.3, -0.25) is 19.4 Å². The van der Waals surface area contributed by atoms with Crippen molar-refractivity contribution in [3.05, 3.63) is 95.1 Å². The first-order chi connectivity index (χ1) is 21.3. The van der Waals surface area contributed by atoms with Crippen molar-refractivity contribution in [1.82, 2.24) is 9.80 Å². The van der Waals surface area contributed by atoms with Gasteiger partial charge in [0.1, 0.15) is 0 Å². The zero-order valence-corrected chi connectivity index (χ0v) is 26.5. The highest BCUT2D eigenvalue weighted by atomic mass is 16.2. The van der Waals surface area contributed by atoms with E-state index in [1.807, 2.05) is 24.3 Å². The van der Waals surface area contributed by atoms with E-state index >= 15 is 0 Å². The minimum atomic E-state index is -0.154. The number of rotatable bonds is 6. The lowest BCUT2D eigenvalue weighted by Gasteiger charge is -2.43. The summed E-state index contributed by atoms with van der Waals surface area (Å²) in [5, 5.41) is 6.61. The van der Waals surface area contributed by atoms with Crippen LogP contribution in [0.3, 0.4) is 0 Å². The van der Waals surface area contributed by atoms with Crippen LogP contribution in [0.1, 0.15) is 72.6 Å². The third kappa shape index (κ3) is 5.26. The van der Waals surface area contributed by atoms with Crippen LogP contribution in [-0.4, -0.2) is 59.9 Å². The maximum atomic E-state index is 14.2. The number of hydrogen-bond donors (Lipinski definition) is 2. The van der Waals surface area contributed by atoms with Gasteiger partial charge in [-0.1, -0.05) is 71.8 Å². The number of amides is 2. The lowest BCUT2D eigenvalue weighted by molar-refractivity contribution is -0.125. The highest BCUT2D eigenvalue weighted by molar-refractivity contribution is 6.02. The van der Waals surface area contributed by atoms with Crippen LogP contribution in [0.4, 0.5) is 11.4 Å². The van der Waals surface area contributed by atoms with Crippen LogP contribution in [0.25, 0.3) is 0 Å². The fraction of sp³-hybridized carbons (Fsp3) is 0.474. The van der Waals surface area contributed by atoms with Crippen LogP contribution in [0, 0.1) is 25.7 Å². The second-order valence-corrected chi connectivity index (χ2v) is 14.0. The maximum Gasteiger partial charge on any atom is 0.229 e. The molecule has 0 aromatic heterocycles. The zero-order chi connectivity index (χ0) is 30.5. The van der Waals surface area contributed by atoms with Gasteiger partial charge in [0.05, 0.1) is 23.2 Å². The molecule has 2 amide bonds. The average molecular weight is 591 g/mol. The number of para-hydroxylation sites is 2. The molecule has 4 aliphatic rings. The van der Waals surface area contributed by atoms with Crippen molar-refractivity contribution in [2.45, 2.75) is 88.4 Å². The standard InChI is InChI=1S/C38H46N4O2/c1-23-9-13-25(14-10-23)29-21-27-17-19-33(41(27)3)35(29)37(43)39-31-7-5-6-8-32(31)40-38(44)36-30(26-15-11-24(2)12-16-26)22-28-18-20-34(36)42(28)4/h5-16,27-30,33-36H,17-22H2,1-4H3,(H,39,43)(H,40,44)/t27-,28+,29-,30+,33?,34?,35-,36-/m0/s1. The number of carbonyl (C=O) groups excluding carboxylic acids is 2. The molecule has 0 saturated carbocycles. The molecule has 2 unspecified atom stereocenters. The molecule has 230 valence electrons. The predicted octanol–water partition coefficient (Wildman–Crippen LogP) is 6.71. The van der Waals surface area contributed by atoms with E-state index in [-0.39, 0.29) is 47.6 Å². The van der Waals surface area contributed by atoms with Crippen LogP contribution in [0.5, 0.6) is 0 Å². The molecule has 3 aromatic carbocycles. The lowest BCUT2D eigenvalue weighted by atomic mass is 9.75. The first kappa shape index (κ1) is 29.2. The van der Waals surface area contributed by atoms with Crippen LogP contribution in [0.15, 0.2) is 72.8 Å². The Morgan fingerprint density at radius 1 is 0.591 bits per heavy atom. The molecule has 4 heterocycles. The van der Waals surface area contributed by atoms with Gasteiger partial charge in [0.2, 0.25) is 11.8 Å². The summed E-state index contributed by atoms with van der Waals surface area (Å²) in [4.78, 5) is 33.4. The number of nitrogens with one attached hydrogen (secondary N) is 2. The van der Waals surface area contributed by atoms with E-state index < -0.39 is 0 Å². The number of nitrogens with zero attached hydrogens (tertiary/aromatic N) is 2. The fourth-order valence-corrected chi connectivity index (χ4v) is 9.09. The van der Waals surface area contributed by atoms with E-state index in [0.29, 0.717) is 23.5 Å². The first-order valence-electron chi connectivity index (χ1n) is 16.6. The molecule has 0 aliphatic carbocycles. The summed E-state index contributed by atoms with van der Waals surface area (Å²) < 4.78 is 0. The van der Waals surface area contributed by atoms with Crippen molar-refractivity contribution < 1.29 is 9.59 Å². The molecule has 8 atom stereocenters. The Balaban J connectivity index is 1.14. The third-order valence-electron chi connectivity index (χ3n) is 11.6. The summed E-state index contributed by atoms with van der Waals surface area (Å²) in [6.07, 6.45) is 6.34. The predicted molar refractivity (Wildman–Crippen MR) is 177 cm³/mol. The van der Waals surface area contributed by atoms with Crippen molar-refractivity contribution >= 4 is 23.2 Å². The summed E-state index contributed by atoms with van der Waals surface area (Å²) in [7, 11) is 4.36. The molecule has 4 fully saturated rings. The maximum absolute atomic E-state index is 14.2. The third-order valence-corrected chi connectivity index (χ3v) is 11.6. The molecule has 0 spiro atoms. The zero-order valence-electron chi connectivity index (χ0n) is 26.5. The molecule has 2 N–H and O–H groups in total. The first-order valence-corrected chi connectivity index (χ1v) is 16.6. The van der Waals surface area contributed by atoms with Crippen molar-refractivity contribution in [2.75, 3.05) is 24.7 Å². The van der Waals surface area contributed by atoms with E-state index in [9.17, 15) is 9.59 Å². The van der Waals surface area contributed by atoms with Crippen molar-refractivity contribution in [2.24, 2.45) is 11.8 Å². The quantitative estimate of drug-likeness (QED) is 0.335. The van der Waals surface area contributed by atoms with Crippen LogP contribution in [-0.2, 0) is 9.59 Å². The summed E-state index contributed by atoms with van der Waals surface area (Å²) in [5.74, 6) is 0.131. The molecule has 6 heteroatoms. The van der Waals surface area contributed by atoms with Crippen LogP contribution < -0.4 is 10.6 Å².